The molecule has 2 unspecified atom stereocenters. The second-order valence-electron chi connectivity index (χ2n) is 13.4. The fraction of sp³-hybridized carbons (Fsp3) is 0.600. The van der Waals surface area contributed by atoms with Crippen molar-refractivity contribution in [3.63, 3.8) is 0 Å². The molecule has 0 spiro atoms. The van der Waals surface area contributed by atoms with Crippen molar-refractivity contribution >= 4 is 46.3 Å². The SMILES string of the molecule is CN(C)c1cc(NC(=O)CCC(C)(C)C)c(O)c2c1C[C@H]1C[C@H]3[C@H](N(C)C)C(=O)C(C(N)=O)C(=O)[C@@]3(O)C(=O)C1C2=O. The number of primary amides is 1. The normalized spacial score (nSPS) is 29.1. The summed E-state index contributed by atoms with van der Waals surface area (Å²) in [5.41, 5.74) is 3.30. The number of likely N-dealkylation sites (N-methyl/N-ethyl adjacent to an activating group) is 1. The van der Waals surface area contributed by atoms with Gasteiger partial charge in [0.15, 0.2) is 34.7 Å². The number of rotatable bonds is 6. The second kappa shape index (κ2) is 10.6. The molecular weight excluding hydrogens is 544 g/mol. The number of Topliss-reactive ketones (excluding diaryl/α,β-unsaturated/α-hetero) is 4. The minimum Gasteiger partial charge on any atom is -0.505 e. The lowest BCUT2D eigenvalue weighted by Gasteiger charge is -2.52. The predicted octanol–water partition coefficient (Wildman–Crippen LogP) is 0.698. The zero-order chi connectivity index (χ0) is 31.6. The third-order valence-corrected chi connectivity index (χ3v) is 8.90. The van der Waals surface area contributed by atoms with Crippen molar-refractivity contribution in [2.75, 3.05) is 38.4 Å². The zero-order valence-corrected chi connectivity index (χ0v) is 25.1. The number of benzene rings is 1. The molecule has 12 nitrogen and oxygen atoms in total. The van der Waals surface area contributed by atoms with Crippen LogP contribution in [0.2, 0.25) is 0 Å². The van der Waals surface area contributed by atoms with Gasteiger partial charge in [0.25, 0.3) is 0 Å². The molecule has 3 aliphatic rings. The molecule has 0 radical (unpaired) electrons. The highest BCUT2D eigenvalue weighted by atomic mass is 16.3. The van der Waals surface area contributed by atoms with Crippen molar-refractivity contribution < 1.29 is 39.0 Å². The molecule has 4 rings (SSSR count). The summed E-state index contributed by atoms with van der Waals surface area (Å²) in [4.78, 5) is 82.8. The van der Waals surface area contributed by atoms with E-state index in [1.165, 1.54) is 19.0 Å². The summed E-state index contributed by atoms with van der Waals surface area (Å²) < 4.78 is 0. The number of nitrogens with one attached hydrogen (secondary N) is 1. The van der Waals surface area contributed by atoms with E-state index in [-0.39, 0.29) is 41.8 Å². The topological polar surface area (TPSA) is 187 Å². The number of aromatic hydroxyl groups is 1. The highest BCUT2D eigenvalue weighted by Crippen LogP contribution is 2.52. The van der Waals surface area contributed by atoms with E-state index in [1.54, 1.807) is 25.1 Å². The van der Waals surface area contributed by atoms with Crippen molar-refractivity contribution in [3.05, 3.63) is 17.2 Å². The number of carbonyl (C=O) groups is 6. The Hall–Kier alpha value is -3.64. The molecular formula is C30H40N4O8. The van der Waals surface area contributed by atoms with Crippen LogP contribution < -0.4 is 16.0 Å². The molecule has 5 N–H and O–H groups in total. The standard InChI is InChI=1S/C30H40N4O8/c1-29(2,3)9-8-18(35)32-16-12-17(33(4)5)14-10-13-11-15-22(34(6)7)25(38)21(28(31)41)27(40)30(15,42)26(39)19(13)24(37)20(14)23(16)36/h12-13,15,19,21-22,36,42H,8-11H2,1-7H3,(H2,31,41)(H,32,35)/t13-,15-,19?,21?,22-,30-/m0/s1. The number of phenolic OH excluding ortho intramolecular Hbond substituents is 1. The Balaban J connectivity index is 1.81. The molecule has 1 aromatic carbocycles. The van der Waals surface area contributed by atoms with Crippen LogP contribution in [0.5, 0.6) is 5.75 Å². The molecule has 1 aromatic rings. The van der Waals surface area contributed by atoms with E-state index < -0.39 is 70.1 Å². The highest BCUT2D eigenvalue weighted by Gasteiger charge is 2.69. The van der Waals surface area contributed by atoms with Crippen LogP contribution in [-0.4, -0.2) is 89.9 Å². The summed E-state index contributed by atoms with van der Waals surface area (Å²) in [5, 5.41) is 25.7. The first kappa shape index (κ1) is 31.3. The van der Waals surface area contributed by atoms with Gasteiger partial charge in [0.2, 0.25) is 11.8 Å². The van der Waals surface area contributed by atoms with Crippen LogP contribution in [0, 0.1) is 29.1 Å². The van der Waals surface area contributed by atoms with Crippen LogP contribution >= 0.6 is 0 Å². The van der Waals surface area contributed by atoms with E-state index in [2.05, 4.69) is 5.32 Å². The number of amides is 2. The lowest BCUT2D eigenvalue weighted by atomic mass is 9.52. The third-order valence-electron chi connectivity index (χ3n) is 8.90. The van der Waals surface area contributed by atoms with Crippen LogP contribution in [-0.2, 0) is 30.4 Å². The average molecular weight is 585 g/mol. The van der Waals surface area contributed by atoms with Gasteiger partial charge in [0, 0.05) is 32.1 Å². The van der Waals surface area contributed by atoms with E-state index in [0.717, 1.165) is 0 Å². The Morgan fingerprint density at radius 2 is 1.71 bits per heavy atom. The van der Waals surface area contributed by atoms with Crippen LogP contribution in [0.4, 0.5) is 11.4 Å². The fourth-order valence-corrected chi connectivity index (χ4v) is 6.85. The van der Waals surface area contributed by atoms with E-state index in [1.807, 2.05) is 20.8 Å². The van der Waals surface area contributed by atoms with Gasteiger partial charge in [0.1, 0.15) is 5.75 Å². The van der Waals surface area contributed by atoms with Crippen molar-refractivity contribution in [3.8, 4) is 5.75 Å². The van der Waals surface area contributed by atoms with Gasteiger partial charge >= 0.3 is 0 Å². The van der Waals surface area contributed by atoms with Crippen molar-refractivity contribution in [2.24, 2.45) is 34.8 Å². The number of hydrogen-bond acceptors (Lipinski definition) is 10. The monoisotopic (exact) mass is 584 g/mol. The molecule has 2 saturated carbocycles. The van der Waals surface area contributed by atoms with E-state index in [9.17, 15) is 39.0 Å². The minimum absolute atomic E-state index is 0.00353. The van der Waals surface area contributed by atoms with Gasteiger partial charge in [-0.05, 0) is 56.3 Å². The first-order valence-corrected chi connectivity index (χ1v) is 14.0. The smallest absolute Gasteiger partial charge is 0.235 e. The quantitative estimate of drug-likeness (QED) is 0.274. The van der Waals surface area contributed by atoms with Crippen molar-refractivity contribution in [2.45, 2.75) is 58.1 Å². The lowest BCUT2D eigenvalue weighted by Crippen LogP contribution is -2.74. The van der Waals surface area contributed by atoms with Crippen LogP contribution in [0.3, 0.4) is 0 Å². The van der Waals surface area contributed by atoms with E-state index in [0.29, 0.717) is 17.7 Å². The molecule has 42 heavy (non-hydrogen) atoms. The van der Waals surface area contributed by atoms with Gasteiger partial charge in [-0.2, -0.15) is 0 Å². The van der Waals surface area contributed by atoms with Crippen LogP contribution in [0.25, 0.3) is 0 Å². The average Bonchev–Trinajstić information content (AvgIpc) is 2.85. The molecule has 0 aromatic heterocycles. The summed E-state index contributed by atoms with van der Waals surface area (Å²) >= 11 is 0. The van der Waals surface area contributed by atoms with Gasteiger partial charge in [0.05, 0.1) is 23.2 Å². The maximum atomic E-state index is 14.1. The molecule has 2 amide bonds. The Morgan fingerprint density at radius 3 is 2.24 bits per heavy atom. The molecule has 0 saturated heterocycles. The number of nitrogens with zero attached hydrogens (tertiary/aromatic N) is 2. The van der Waals surface area contributed by atoms with Crippen LogP contribution in [0.1, 0.15) is 56.0 Å². The number of nitrogens with two attached hydrogens (primary N) is 1. The number of phenols is 1. The van der Waals surface area contributed by atoms with E-state index >= 15 is 0 Å². The predicted molar refractivity (Wildman–Crippen MR) is 153 cm³/mol. The molecule has 0 heterocycles. The van der Waals surface area contributed by atoms with Crippen molar-refractivity contribution in [1.82, 2.24) is 4.90 Å². The molecule has 6 atom stereocenters. The minimum atomic E-state index is -2.80. The Kier molecular flexibility index (Phi) is 7.88. The molecule has 0 aliphatic heterocycles. The molecule has 228 valence electrons. The summed E-state index contributed by atoms with van der Waals surface area (Å²) in [6.45, 7) is 5.98. The number of hydrogen-bond donors (Lipinski definition) is 4. The van der Waals surface area contributed by atoms with E-state index in [4.69, 9.17) is 5.73 Å². The summed E-state index contributed by atoms with van der Waals surface area (Å²) in [6, 6.07) is 0.407. The molecule has 2 fully saturated rings. The summed E-state index contributed by atoms with van der Waals surface area (Å²) in [6.07, 6.45) is 0.852. The maximum Gasteiger partial charge on any atom is 0.235 e. The van der Waals surface area contributed by atoms with Gasteiger partial charge < -0.3 is 26.2 Å². The molecule has 12 heteroatoms. The Morgan fingerprint density at radius 1 is 1.10 bits per heavy atom. The van der Waals surface area contributed by atoms with Crippen molar-refractivity contribution in [1.29, 1.82) is 0 Å². The Labute approximate surface area is 244 Å². The number of ketones is 4. The number of anilines is 2. The number of carbonyl (C=O) groups excluding carboxylic acids is 6. The number of aliphatic hydroxyl groups is 1. The number of fused-ring (bicyclic) bond motifs is 3. The highest BCUT2D eigenvalue weighted by molar-refractivity contribution is 6.32. The van der Waals surface area contributed by atoms with Gasteiger partial charge in [-0.15, -0.1) is 0 Å². The Bertz CT molecular complexity index is 1390. The fourth-order valence-electron chi connectivity index (χ4n) is 6.85. The largest absolute Gasteiger partial charge is 0.505 e. The zero-order valence-electron chi connectivity index (χ0n) is 25.1. The van der Waals surface area contributed by atoms with Gasteiger partial charge in [-0.3, -0.25) is 33.7 Å². The maximum absolute atomic E-state index is 14.1. The lowest BCUT2D eigenvalue weighted by molar-refractivity contribution is -0.181. The first-order chi connectivity index (χ1) is 19.3. The second-order valence-corrected chi connectivity index (χ2v) is 13.4. The first-order valence-electron chi connectivity index (χ1n) is 14.0. The molecule has 3 aliphatic carbocycles. The summed E-state index contributed by atoms with van der Waals surface area (Å²) in [5.74, 6) is -11.6. The van der Waals surface area contributed by atoms with Crippen LogP contribution in [0.15, 0.2) is 6.07 Å². The van der Waals surface area contributed by atoms with Gasteiger partial charge in [-0.1, -0.05) is 20.8 Å². The molecule has 0 bridgehead atoms. The van der Waals surface area contributed by atoms with Gasteiger partial charge in [-0.25, -0.2) is 0 Å². The third kappa shape index (κ3) is 4.90. The summed E-state index contributed by atoms with van der Waals surface area (Å²) in [7, 11) is 6.55.